The third-order valence-electron chi connectivity index (χ3n) is 0.588. The van der Waals surface area contributed by atoms with Crippen LogP contribution in [0.3, 0.4) is 0 Å². The first-order chi connectivity index (χ1) is 3.31. The highest BCUT2D eigenvalue weighted by Gasteiger charge is 1.94. The van der Waals surface area contributed by atoms with Crippen molar-refractivity contribution >= 4 is 12.4 Å². The molecule has 0 aromatic carbocycles. The number of halogens is 1. The Kier molecular flexibility index (Phi) is 8.91. The molecule has 1 atom stereocenters. The van der Waals surface area contributed by atoms with Crippen LogP contribution in [0.25, 0.3) is 0 Å². The highest BCUT2D eigenvalue weighted by Crippen LogP contribution is 1.79. The molecule has 0 heterocycles. The van der Waals surface area contributed by atoms with Crippen molar-refractivity contribution in [2.75, 3.05) is 6.61 Å². The van der Waals surface area contributed by atoms with Crippen LogP contribution < -0.4 is 5.73 Å². The molecule has 0 saturated heterocycles. The first kappa shape index (κ1) is 10.6. The topological polar surface area (TPSA) is 70.0 Å². The first-order valence-electron chi connectivity index (χ1n) is 2.04. The van der Waals surface area contributed by atoms with Crippen molar-refractivity contribution in [2.24, 2.45) is 5.73 Å². The molecule has 0 radical (unpaired) electrons. The van der Waals surface area contributed by atoms with Crippen LogP contribution in [-0.2, 0) is 0 Å². The van der Waals surface area contributed by atoms with Crippen LogP contribution in [0, 0.1) is 11.3 Å². The average Bonchev–Trinajstić information content (AvgIpc) is 1.68. The fourth-order valence-corrected chi connectivity index (χ4v) is 0.182. The number of aliphatic hydroxyl groups excluding tert-OH is 1. The minimum absolute atomic E-state index is 0. The lowest BCUT2D eigenvalue weighted by Gasteiger charge is -1.97. The molecule has 0 aliphatic heterocycles. The predicted octanol–water partition coefficient (Wildman–Crippen LogP) is -0.359. The molecular weight excluding hydrogens is 128 g/mol. The molecule has 3 N–H and O–H groups in total. The van der Waals surface area contributed by atoms with E-state index in [4.69, 9.17) is 16.1 Å². The van der Waals surface area contributed by atoms with Gasteiger partial charge in [0, 0.05) is 6.04 Å². The van der Waals surface area contributed by atoms with Crippen molar-refractivity contribution in [2.45, 2.75) is 12.5 Å². The molecule has 8 heavy (non-hydrogen) atoms. The maximum atomic E-state index is 8.19. The molecule has 0 aliphatic carbocycles. The van der Waals surface area contributed by atoms with Gasteiger partial charge in [-0.25, -0.2) is 0 Å². The Hall–Kier alpha value is -0.300. The van der Waals surface area contributed by atoms with Gasteiger partial charge in [0.05, 0.1) is 19.1 Å². The largest absolute Gasteiger partial charge is 0.395 e. The van der Waals surface area contributed by atoms with Gasteiger partial charge in [0.25, 0.3) is 0 Å². The molecule has 0 rings (SSSR count). The zero-order chi connectivity index (χ0) is 5.70. The molecule has 0 bridgehead atoms. The van der Waals surface area contributed by atoms with E-state index in [0.29, 0.717) is 0 Å². The third-order valence-corrected chi connectivity index (χ3v) is 0.588. The second kappa shape index (κ2) is 6.70. The second-order valence-corrected chi connectivity index (χ2v) is 1.30. The minimum Gasteiger partial charge on any atom is -0.395 e. The van der Waals surface area contributed by atoms with Crippen molar-refractivity contribution in [3.8, 4) is 6.07 Å². The summed E-state index contributed by atoms with van der Waals surface area (Å²) in [6.45, 7) is -0.104. The van der Waals surface area contributed by atoms with E-state index in [1.54, 1.807) is 0 Å². The maximum absolute atomic E-state index is 8.19. The van der Waals surface area contributed by atoms with Crippen molar-refractivity contribution < 1.29 is 5.11 Å². The molecule has 0 spiro atoms. The van der Waals surface area contributed by atoms with Gasteiger partial charge >= 0.3 is 0 Å². The molecule has 0 unspecified atom stereocenters. The predicted molar refractivity (Wildman–Crippen MR) is 32.5 cm³/mol. The Morgan fingerprint density at radius 1 is 1.75 bits per heavy atom. The van der Waals surface area contributed by atoms with E-state index in [2.05, 4.69) is 0 Å². The van der Waals surface area contributed by atoms with Crippen LogP contribution in [0.2, 0.25) is 0 Å². The summed E-state index contributed by atoms with van der Waals surface area (Å²) < 4.78 is 0. The van der Waals surface area contributed by atoms with E-state index < -0.39 is 0 Å². The van der Waals surface area contributed by atoms with Crippen LogP contribution in [0.5, 0.6) is 0 Å². The second-order valence-electron chi connectivity index (χ2n) is 1.30. The Bertz CT molecular complexity index is 80.6. The Morgan fingerprint density at radius 2 is 2.25 bits per heavy atom. The summed E-state index contributed by atoms with van der Waals surface area (Å²) >= 11 is 0. The number of hydrogen-bond donors (Lipinski definition) is 2. The normalized spacial score (nSPS) is 11.1. The molecule has 48 valence electrons. The summed E-state index contributed by atoms with van der Waals surface area (Å²) in [5.74, 6) is 0. The quantitative estimate of drug-likeness (QED) is 0.545. The molecular formula is C4H9ClN2O. The molecule has 0 aromatic rings. The van der Waals surface area contributed by atoms with Crippen LogP contribution >= 0.6 is 12.4 Å². The summed E-state index contributed by atoms with van der Waals surface area (Å²) in [6.07, 6.45) is 0.233. The summed E-state index contributed by atoms with van der Waals surface area (Å²) in [6, 6.07) is 1.48. The number of nitrogens with two attached hydrogens (primary N) is 1. The van der Waals surface area contributed by atoms with Crippen LogP contribution in [0.1, 0.15) is 6.42 Å². The summed E-state index contributed by atoms with van der Waals surface area (Å²) in [4.78, 5) is 0. The van der Waals surface area contributed by atoms with E-state index in [1.165, 1.54) is 0 Å². The molecule has 0 fully saturated rings. The molecule has 0 aromatic heterocycles. The molecule has 0 amide bonds. The van der Waals surface area contributed by atoms with Gasteiger partial charge in [-0.1, -0.05) is 0 Å². The van der Waals surface area contributed by atoms with Gasteiger partial charge in [-0.2, -0.15) is 5.26 Å². The van der Waals surface area contributed by atoms with Crippen LogP contribution in [0.4, 0.5) is 0 Å². The van der Waals surface area contributed by atoms with Gasteiger partial charge < -0.3 is 10.8 Å². The number of nitrogens with zero attached hydrogens (tertiary/aromatic N) is 1. The van der Waals surface area contributed by atoms with Gasteiger partial charge in [-0.3, -0.25) is 0 Å². The number of nitriles is 1. The van der Waals surface area contributed by atoms with Gasteiger partial charge in [-0.15, -0.1) is 12.4 Å². The smallest absolute Gasteiger partial charge is 0.0638 e. The molecule has 0 aliphatic rings. The zero-order valence-corrected chi connectivity index (χ0v) is 5.19. The molecule has 0 saturated carbocycles. The third kappa shape index (κ3) is 5.70. The van der Waals surface area contributed by atoms with E-state index in [0.717, 1.165) is 0 Å². The van der Waals surface area contributed by atoms with Crippen molar-refractivity contribution in [3.05, 3.63) is 0 Å². The lowest BCUT2D eigenvalue weighted by Crippen LogP contribution is -2.23. The Balaban J connectivity index is 0. The molecule has 3 nitrogen and oxygen atoms in total. The van der Waals surface area contributed by atoms with Crippen LogP contribution in [0.15, 0.2) is 0 Å². The lowest BCUT2D eigenvalue weighted by atomic mass is 10.3. The van der Waals surface area contributed by atoms with Crippen molar-refractivity contribution in [1.82, 2.24) is 0 Å². The van der Waals surface area contributed by atoms with Crippen molar-refractivity contribution in [3.63, 3.8) is 0 Å². The highest BCUT2D eigenvalue weighted by atomic mass is 35.5. The van der Waals surface area contributed by atoms with Crippen LogP contribution in [-0.4, -0.2) is 17.8 Å². The fraction of sp³-hybridized carbons (Fsp3) is 0.750. The Labute approximate surface area is 54.5 Å². The first-order valence-corrected chi connectivity index (χ1v) is 2.04. The lowest BCUT2D eigenvalue weighted by molar-refractivity contribution is 0.267. The SMILES string of the molecule is Cl.N#CC[C@@H](N)CO. The molecule has 4 heteroatoms. The highest BCUT2D eigenvalue weighted by molar-refractivity contribution is 5.85. The van der Waals surface area contributed by atoms with E-state index in [9.17, 15) is 0 Å². The summed E-state index contributed by atoms with van der Waals surface area (Å²) in [5.41, 5.74) is 5.11. The fourth-order valence-electron chi connectivity index (χ4n) is 0.182. The Morgan fingerprint density at radius 3 is 2.38 bits per heavy atom. The monoisotopic (exact) mass is 136 g/mol. The van der Waals surface area contributed by atoms with E-state index in [-0.39, 0.29) is 31.5 Å². The van der Waals surface area contributed by atoms with E-state index >= 15 is 0 Å². The minimum atomic E-state index is -0.356. The number of rotatable bonds is 2. The summed E-state index contributed by atoms with van der Waals surface area (Å²) in [7, 11) is 0. The average molecular weight is 137 g/mol. The van der Waals surface area contributed by atoms with E-state index in [1.807, 2.05) is 6.07 Å². The van der Waals surface area contributed by atoms with Gasteiger partial charge in [0.15, 0.2) is 0 Å². The zero-order valence-electron chi connectivity index (χ0n) is 4.37. The van der Waals surface area contributed by atoms with Crippen molar-refractivity contribution in [1.29, 1.82) is 5.26 Å². The number of aliphatic hydroxyl groups is 1. The number of hydrogen-bond acceptors (Lipinski definition) is 3. The maximum Gasteiger partial charge on any atom is 0.0638 e. The summed E-state index contributed by atoms with van der Waals surface area (Å²) in [5, 5.41) is 16.1. The van der Waals surface area contributed by atoms with Gasteiger partial charge in [-0.05, 0) is 0 Å². The standard InChI is InChI=1S/C4H8N2O.ClH/c5-2-1-4(6)3-7;/h4,7H,1,3,6H2;1H/t4-;/m1./s1. The van der Waals surface area contributed by atoms with Gasteiger partial charge in [0.2, 0.25) is 0 Å². The van der Waals surface area contributed by atoms with Gasteiger partial charge in [0.1, 0.15) is 0 Å².